The fraction of sp³-hybridized carbons (Fsp3) is 0.143. The number of ether oxygens (including phenoxy) is 1. The van der Waals surface area contributed by atoms with Crippen LogP contribution in [0, 0.1) is 34.9 Å². The summed E-state index contributed by atoms with van der Waals surface area (Å²) >= 11 is 0. The Bertz CT molecular complexity index is 1440. The standard InChI is InChI=1S/C25H12F8O2.C3H6/c26-19-9-13(17-7-6-16(22(29)23(17)30)12-1-4-14(34)5-2-12)3-8-18(19)25(32,33)35-15-10-20(27)24(31)21(28)11-15;1-2-3-1/h1-11,34H;1-3H2. The topological polar surface area (TPSA) is 29.5 Å². The first kappa shape index (κ1) is 27.0. The van der Waals surface area contributed by atoms with Gasteiger partial charge in [-0.15, -0.1) is 0 Å². The number of phenolic OH excluding ortho intramolecular Hbond substituents is 1. The molecule has 4 aromatic carbocycles. The molecule has 0 bridgehead atoms. The van der Waals surface area contributed by atoms with Gasteiger partial charge in [0.05, 0.1) is 5.56 Å². The molecule has 0 amide bonds. The predicted molar refractivity (Wildman–Crippen MR) is 124 cm³/mol. The molecule has 0 unspecified atom stereocenters. The van der Waals surface area contributed by atoms with Crippen LogP contribution in [0.3, 0.4) is 0 Å². The van der Waals surface area contributed by atoms with Crippen molar-refractivity contribution < 1.29 is 45.0 Å². The monoisotopic (exact) mass is 538 g/mol. The van der Waals surface area contributed by atoms with Gasteiger partial charge in [-0.25, -0.2) is 26.3 Å². The highest BCUT2D eigenvalue weighted by Crippen LogP contribution is 2.37. The Labute approximate surface area is 211 Å². The molecule has 5 rings (SSSR count). The quantitative estimate of drug-likeness (QED) is 0.203. The average Bonchev–Trinajstić information content (AvgIpc) is 3.74. The Balaban J connectivity index is 0.00000105. The summed E-state index contributed by atoms with van der Waals surface area (Å²) in [5.74, 6) is -10.9. The minimum Gasteiger partial charge on any atom is -0.508 e. The van der Waals surface area contributed by atoms with E-state index in [9.17, 15) is 40.2 Å². The third-order valence-electron chi connectivity index (χ3n) is 5.41. The molecule has 10 heteroatoms. The fourth-order valence-corrected chi connectivity index (χ4v) is 3.35. The van der Waals surface area contributed by atoms with E-state index < -0.39 is 57.9 Å². The first-order chi connectivity index (χ1) is 18.0. The Morgan fingerprint density at radius 2 is 1.08 bits per heavy atom. The van der Waals surface area contributed by atoms with Crippen molar-refractivity contribution in [1.29, 1.82) is 0 Å². The summed E-state index contributed by atoms with van der Waals surface area (Å²) < 4.78 is 117. The molecule has 1 fully saturated rings. The van der Waals surface area contributed by atoms with Crippen molar-refractivity contribution >= 4 is 0 Å². The molecule has 0 aliphatic heterocycles. The van der Waals surface area contributed by atoms with Crippen molar-refractivity contribution in [3.05, 3.63) is 107 Å². The first-order valence-corrected chi connectivity index (χ1v) is 11.3. The molecule has 0 atom stereocenters. The second kappa shape index (κ2) is 10.7. The predicted octanol–water partition coefficient (Wildman–Crippen LogP) is 8.86. The van der Waals surface area contributed by atoms with E-state index >= 15 is 0 Å². The summed E-state index contributed by atoms with van der Waals surface area (Å²) in [7, 11) is 0. The van der Waals surface area contributed by atoms with Gasteiger partial charge in [-0.2, -0.15) is 8.78 Å². The highest BCUT2D eigenvalue weighted by atomic mass is 19.3. The number of rotatable bonds is 5. The third kappa shape index (κ3) is 5.90. The van der Waals surface area contributed by atoms with Crippen LogP contribution in [0.4, 0.5) is 35.1 Å². The number of phenols is 1. The molecule has 2 nitrogen and oxygen atoms in total. The van der Waals surface area contributed by atoms with E-state index in [0.717, 1.165) is 12.1 Å². The molecule has 0 radical (unpaired) electrons. The van der Waals surface area contributed by atoms with Crippen molar-refractivity contribution in [3.8, 4) is 33.8 Å². The van der Waals surface area contributed by atoms with E-state index in [1.165, 1.54) is 49.6 Å². The second-order valence-corrected chi connectivity index (χ2v) is 8.41. The lowest BCUT2D eigenvalue weighted by atomic mass is 9.97. The number of hydrogen-bond acceptors (Lipinski definition) is 2. The third-order valence-corrected chi connectivity index (χ3v) is 5.41. The van der Waals surface area contributed by atoms with Crippen molar-refractivity contribution in [1.82, 2.24) is 0 Å². The summed E-state index contributed by atoms with van der Waals surface area (Å²) in [6, 6.07) is 9.79. The van der Waals surface area contributed by atoms with E-state index in [1.54, 1.807) is 0 Å². The number of aromatic hydroxyl groups is 1. The number of alkyl halides is 2. The zero-order chi connectivity index (χ0) is 27.6. The molecule has 0 aromatic heterocycles. The Hall–Kier alpha value is -4.08. The van der Waals surface area contributed by atoms with Gasteiger partial charge >= 0.3 is 6.11 Å². The summed E-state index contributed by atoms with van der Waals surface area (Å²) in [5, 5.41) is 9.33. The van der Waals surface area contributed by atoms with Gasteiger partial charge in [-0.05, 0) is 35.4 Å². The smallest absolute Gasteiger partial charge is 0.429 e. The minimum absolute atomic E-state index is 0.0858. The van der Waals surface area contributed by atoms with Crippen LogP contribution in [0.1, 0.15) is 24.8 Å². The molecule has 0 spiro atoms. The SMILES string of the molecule is C1CC1.Oc1ccc(-c2ccc(-c3ccc(C(F)(F)Oc4cc(F)c(F)c(F)c4)c(F)c3)c(F)c2F)cc1. The van der Waals surface area contributed by atoms with Crippen LogP contribution in [0.15, 0.2) is 66.7 Å². The van der Waals surface area contributed by atoms with Gasteiger partial charge in [0.2, 0.25) is 0 Å². The van der Waals surface area contributed by atoms with Gasteiger partial charge < -0.3 is 9.84 Å². The summed E-state index contributed by atoms with van der Waals surface area (Å²) in [5.41, 5.74) is -1.98. The van der Waals surface area contributed by atoms with Crippen LogP contribution in [0.25, 0.3) is 22.3 Å². The molecular weight excluding hydrogens is 520 g/mol. The van der Waals surface area contributed by atoms with Crippen LogP contribution in [0.2, 0.25) is 0 Å². The lowest BCUT2D eigenvalue weighted by molar-refractivity contribution is -0.187. The fourth-order valence-electron chi connectivity index (χ4n) is 3.35. The zero-order valence-corrected chi connectivity index (χ0v) is 19.4. The Kier molecular flexibility index (Phi) is 7.61. The first-order valence-electron chi connectivity index (χ1n) is 11.3. The van der Waals surface area contributed by atoms with E-state index in [-0.39, 0.29) is 34.6 Å². The van der Waals surface area contributed by atoms with Gasteiger partial charge in [0.25, 0.3) is 0 Å². The molecule has 198 valence electrons. The van der Waals surface area contributed by atoms with E-state index in [4.69, 9.17) is 0 Å². The van der Waals surface area contributed by atoms with Crippen LogP contribution < -0.4 is 4.74 Å². The van der Waals surface area contributed by atoms with Crippen molar-refractivity contribution in [2.75, 3.05) is 0 Å². The maximum Gasteiger partial charge on any atom is 0.429 e. The van der Waals surface area contributed by atoms with Crippen molar-refractivity contribution in [2.45, 2.75) is 25.4 Å². The number of halogens is 8. The molecule has 1 N–H and O–H groups in total. The zero-order valence-electron chi connectivity index (χ0n) is 19.4. The lowest BCUT2D eigenvalue weighted by Crippen LogP contribution is -2.23. The minimum atomic E-state index is -4.45. The van der Waals surface area contributed by atoms with E-state index in [1.807, 2.05) is 0 Å². The van der Waals surface area contributed by atoms with Gasteiger partial charge in [-0.3, -0.25) is 0 Å². The van der Waals surface area contributed by atoms with Gasteiger partial charge in [0.15, 0.2) is 29.1 Å². The molecular formula is C28H18F8O2. The number of hydrogen-bond donors (Lipinski definition) is 1. The molecule has 4 aromatic rings. The van der Waals surface area contributed by atoms with Gasteiger partial charge in [-0.1, -0.05) is 49.6 Å². The highest BCUT2D eigenvalue weighted by molar-refractivity contribution is 5.72. The van der Waals surface area contributed by atoms with Crippen molar-refractivity contribution in [3.63, 3.8) is 0 Å². The molecule has 1 saturated carbocycles. The molecule has 0 saturated heterocycles. The normalized spacial score (nSPS) is 12.5. The summed E-state index contributed by atoms with van der Waals surface area (Å²) in [4.78, 5) is 0. The largest absolute Gasteiger partial charge is 0.508 e. The van der Waals surface area contributed by atoms with Gasteiger partial charge in [0, 0.05) is 23.3 Å². The van der Waals surface area contributed by atoms with Crippen LogP contribution in [-0.4, -0.2) is 5.11 Å². The molecule has 38 heavy (non-hydrogen) atoms. The average molecular weight is 538 g/mol. The van der Waals surface area contributed by atoms with Crippen LogP contribution in [-0.2, 0) is 6.11 Å². The van der Waals surface area contributed by atoms with Crippen molar-refractivity contribution in [2.24, 2.45) is 0 Å². The Morgan fingerprint density at radius 3 is 1.58 bits per heavy atom. The highest BCUT2D eigenvalue weighted by Gasteiger charge is 2.38. The molecule has 1 aliphatic rings. The Morgan fingerprint density at radius 1 is 0.579 bits per heavy atom. The maximum absolute atomic E-state index is 14.8. The molecule has 0 heterocycles. The van der Waals surface area contributed by atoms with E-state index in [0.29, 0.717) is 12.1 Å². The summed E-state index contributed by atoms with van der Waals surface area (Å²) in [6.45, 7) is 0. The van der Waals surface area contributed by atoms with Crippen LogP contribution in [0.5, 0.6) is 11.5 Å². The summed E-state index contributed by atoms with van der Waals surface area (Å²) in [6.07, 6.45) is 0.0475. The molecule has 1 aliphatic carbocycles. The maximum atomic E-state index is 14.8. The lowest BCUT2D eigenvalue weighted by Gasteiger charge is -2.19. The van der Waals surface area contributed by atoms with E-state index in [2.05, 4.69) is 4.74 Å². The second-order valence-electron chi connectivity index (χ2n) is 8.41. The number of benzene rings is 4. The van der Waals surface area contributed by atoms with Gasteiger partial charge in [0.1, 0.15) is 17.3 Å². The van der Waals surface area contributed by atoms with Crippen LogP contribution >= 0.6 is 0 Å².